The highest BCUT2D eigenvalue weighted by atomic mass is 32.2. The average Bonchev–Trinajstić information content (AvgIpc) is 3.15. The van der Waals surface area contributed by atoms with E-state index in [0.29, 0.717) is 29.3 Å². The molecule has 3 heterocycles. The first-order chi connectivity index (χ1) is 14.7. The summed E-state index contributed by atoms with van der Waals surface area (Å²) in [7, 11) is -3.41. The van der Waals surface area contributed by atoms with E-state index in [2.05, 4.69) is 30.0 Å². The molecule has 0 aliphatic heterocycles. The molecule has 4 aromatic rings. The van der Waals surface area contributed by atoms with Crippen molar-refractivity contribution in [1.29, 1.82) is 0 Å². The summed E-state index contributed by atoms with van der Waals surface area (Å²) in [4.78, 5) is 12.9. The Balaban J connectivity index is 1.59. The van der Waals surface area contributed by atoms with Crippen molar-refractivity contribution >= 4 is 21.8 Å². The van der Waals surface area contributed by atoms with Crippen LogP contribution >= 0.6 is 0 Å². The molecule has 0 aliphatic carbocycles. The largest absolute Gasteiger partial charge is 0.368 e. The number of aryl methyl sites for hydroxylation is 1. The molecule has 0 saturated heterocycles. The molecule has 11 heteroatoms. The van der Waals surface area contributed by atoms with Crippen molar-refractivity contribution in [2.75, 3.05) is 16.7 Å². The number of nitrogens with two attached hydrogens (primary N) is 1. The minimum atomic E-state index is -3.41. The Hall–Kier alpha value is -3.86. The molecule has 0 radical (unpaired) electrons. The monoisotopic (exact) mass is 436 g/mol. The van der Waals surface area contributed by atoms with Crippen LogP contribution in [0.25, 0.3) is 22.6 Å². The number of pyridine rings is 1. The fraction of sp³-hybridized carbons (Fsp3) is 0.150. The molecule has 0 unspecified atom stereocenters. The number of anilines is 2. The quantitative estimate of drug-likeness (QED) is 0.468. The summed E-state index contributed by atoms with van der Waals surface area (Å²) in [5.41, 5.74) is 10.4. The van der Waals surface area contributed by atoms with Gasteiger partial charge in [-0.25, -0.2) is 28.1 Å². The van der Waals surface area contributed by atoms with Crippen molar-refractivity contribution in [3.8, 4) is 22.6 Å². The second kappa shape index (κ2) is 8.11. The summed E-state index contributed by atoms with van der Waals surface area (Å²) in [5, 5.41) is 8.31. The fourth-order valence-electron chi connectivity index (χ4n) is 3.02. The zero-order valence-corrected chi connectivity index (χ0v) is 17.7. The fourth-order valence-corrected chi connectivity index (χ4v) is 3.52. The van der Waals surface area contributed by atoms with Crippen LogP contribution in [0.1, 0.15) is 11.3 Å². The maximum atomic E-state index is 11.4. The summed E-state index contributed by atoms with van der Waals surface area (Å²) in [6, 6.07) is 14.8. The van der Waals surface area contributed by atoms with E-state index in [1.165, 1.54) is 0 Å². The van der Waals surface area contributed by atoms with Gasteiger partial charge in [0.25, 0.3) is 0 Å². The van der Waals surface area contributed by atoms with E-state index in [4.69, 9.17) is 5.73 Å². The van der Waals surface area contributed by atoms with E-state index in [9.17, 15) is 8.42 Å². The molecule has 0 amide bonds. The number of nitrogens with one attached hydrogen (secondary N) is 1. The second-order valence-electron chi connectivity index (χ2n) is 7.06. The van der Waals surface area contributed by atoms with Crippen LogP contribution < -0.4 is 10.5 Å². The van der Waals surface area contributed by atoms with Crippen molar-refractivity contribution < 1.29 is 8.42 Å². The molecule has 1 aromatic carbocycles. The van der Waals surface area contributed by atoms with Gasteiger partial charge in [0.1, 0.15) is 11.5 Å². The Morgan fingerprint density at radius 3 is 2.55 bits per heavy atom. The number of sulfonamides is 1. The Bertz CT molecular complexity index is 1350. The van der Waals surface area contributed by atoms with E-state index in [-0.39, 0.29) is 11.8 Å². The number of nitrogens with zero attached hydrogens (tertiary/aromatic N) is 6. The van der Waals surface area contributed by atoms with Gasteiger partial charge in [-0.3, -0.25) is 4.72 Å². The zero-order chi connectivity index (χ0) is 22.0. The molecule has 4 rings (SSSR count). The molecule has 158 valence electrons. The molecule has 31 heavy (non-hydrogen) atoms. The number of aromatic nitrogens is 6. The third kappa shape index (κ3) is 5.20. The molecule has 0 aliphatic rings. The minimum absolute atomic E-state index is 0.143. The normalized spacial score (nSPS) is 11.4. The lowest BCUT2D eigenvalue weighted by Crippen LogP contribution is -2.12. The number of hydrogen-bond donors (Lipinski definition) is 2. The molecule has 3 aromatic heterocycles. The Morgan fingerprint density at radius 1 is 1.00 bits per heavy atom. The van der Waals surface area contributed by atoms with E-state index in [1.807, 2.05) is 37.3 Å². The van der Waals surface area contributed by atoms with Gasteiger partial charge < -0.3 is 5.73 Å². The molecule has 0 saturated carbocycles. The Labute approximate surface area is 179 Å². The first-order valence-corrected chi connectivity index (χ1v) is 11.2. The highest BCUT2D eigenvalue weighted by molar-refractivity contribution is 7.92. The molecule has 0 fully saturated rings. The summed E-state index contributed by atoms with van der Waals surface area (Å²) >= 11 is 0. The van der Waals surface area contributed by atoms with E-state index in [0.717, 1.165) is 17.4 Å². The lowest BCUT2D eigenvalue weighted by Gasteiger charge is -2.06. The third-order valence-electron chi connectivity index (χ3n) is 4.28. The first-order valence-electron chi connectivity index (χ1n) is 9.31. The molecule has 10 nitrogen and oxygen atoms in total. The van der Waals surface area contributed by atoms with Gasteiger partial charge in [0, 0.05) is 5.56 Å². The second-order valence-corrected chi connectivity index (χ2v) is 8.80. The lowest BCUT2D eigenvalue weighted by molar-refractivity contribution is 0.606. The third-order valence-corrected chi connectivity index (χ3v) is 4.86. The number of hydrogen-bond acceptors (Lipinski definition) is 8. The van der Waals surface area contributed by atoms with Crippen LogP contribution in [0.2, 0.25) is 0 Å². The van der Waals surface area contributed by atoms with Crippen molar-refractivity contribution in [2.24, 2.45) is 0 Å². The highest BCUT2D eigenvalue weighted by Crippen LogP contribution is 2.24. The molecular weight excluding hydrogens is 416 g/mol. The van der Waals surface area contributed by atoms with Gasteiger partial charge >= 0.3 is 0 Å². The van der Waals surface area contributed by atoms with E-state index in [1.54, 1.807) is 29.1 Å². The number of rotatable bonds is 6. The van der Waals surface area contributed by atoms with Crippen LogP contribution in [0, 0.1) is 6.92 Å². The zero-order valence-electron chi connectivity index (χ0n) is 16.9. The van der Waals surface area contributed by atoms with E-state index < -0.39 is 10.0 Å². The molecular formula is C20H20N8O2S. The number of benzene rings is 1. The maximum absolute atomic E-state index is 11.4. The van der Waals surface area contributed by atoms with Gasteiger partial charge in [0.05, 0.1) is 36.1 Å². The van der Waals surface area contributed by atoms with Crippen LogP contribution in [0.3, 0.4) is 0 Å². The predicted molar refractivity (Wildman–Crippen MR) is 117 cm³/mol. The standard InChI is InChI=1S/C20H20N8O2S/c1-13-5-3-6-14(9-13)16-10-17(24-20(21)23-16)18-12-28(27-25-18)11-15-7-4-8-19(22-15)26-31(2,29)30/h3-10,12H,11H2,1-2H3,(H,22,26)(H2,21,23,24). The van der Waals surface area contributed by atoms with Crippen molar-refractivity contribution in [2.45, 2.75) is 13.5 Å². The maximum Gasteiger partial charge on any atom is 0.230 e. The van der Waals surface area contributed by atoms with Crippen LogP contribution in [-0.2, 0) is 16.6 Å². The summed E-state index contributed by atoms with van der Waals surface area (Å²) in [6.45, 7) is 2.31. The van der Waals surface area contributed by atoms with Crippen LogP contribution in [-0.4, -0.2) is 44.6 Å². The summed E-state index contributed by atoms with van der Waals surface area (Å²) in [6.07, 6.45) is 2.80. The topological polar surface area (TPSA) is 142 Å². The highest BCUT2D eigenvalue weighted by Gasteiger charge is 2.12. The molecule has 0 spiro atoms. The van der Waals surface area contributed by atoms with E-state index >= 15 is 0 Å². The smallest absolute Gasteiger partial charge is 0.230 e. The van der Waals surface area contributed by atoms with Crippen LogP contribution in [0.15, 0.2) is 54.7 Å². The molecule has 3 N–H and O–H groups in total. The van der Waals surface area contributed by atoms with Crippen molar-refractivity contribution in [1.82, 2.24) is 29.9 Å². The average molecular weight is 437 g/mol. The van der Waals surface area contributed by atoms with Gasteiger partial charge in [0.15, 0.2) is 0 Å². The Kier molecular flexibility index (Phi) is 5.34. The summed E-state index contributed by atoms with van der Waals surface area (Å²) < 4.78 is 26.8. The lowest BCUT2D eigenvalue weighted by atomic mass is 10.1. The van der Waals surface area contributed by atoms with Gasteiger partial charge in [-0.05, 0) is 31.2 Å². The molecule has 0 atom stereocenters. The Morgan fingerprint density at radius 2 is 1.77 bits per heavy atom. The predicted octanol–water partition coefficient (Wildman–Crippen LogP) is 2.11. The van der Waals surface area contributed by atoms with Gasteiger partial charge in [-0.15, -0.1) is 5.10 Å². The van der Waals surface area contributed by atoms with Gasteiger partial charge in [0.2, 0.25) is 16.0 Å². The summed E-state index contributed by atoms with van der Waals surface area (Å²) in [5.74, 6) is 0.386. The van der Waals surface area contributed by atoms with Crippen LogP contribution in [0.5, 0.6) is 0 Å². The van der Waals surface area contributed by atoms with Gasteiger partial charge in [-0.2, -0.15) is 0 Å². The van der Waals surface area contributed by atoms with Crippen molar-refractivity contribution in [3.05, 3.63) is 66.0 Å². The SMILES string of the molecule is Cc1cccc(-c2cc(-c3cn(Cc4cccc(NS(C)(=O)=O)n4)nn3)nc(N)n2)c1. The van der Waals surface area contributed by atoms with Crippen molar-refractivity contribution in [3.63, 3.8) is 0 Å². The van der Waals surface area contributed by atoms with Crippen LogP contribution in [0.4, 0.5) is 11.8 Å². The number of nitrogen functional groups attached to an aromatic ring is 1. The minimum Gasteiger partial charge on any atom is -0.368 e. The molecule has 0 bridgehead atoms. The first kappa shape index (κ1) is 20.4. The van der Waals surface area contributed by atoms with Gasteiger partial charge in [-0.1, -0.05) is 35.0 Å².